The zero-order chi connectivity index (χ0) is 23.5. The summed E-state index contributed by atoms with van der Waals surface area (Å²) in [6.45, 7) is 14.1. The van der Waals surface area contributed by atoms with Crippen LogP contribution >= 0.6 is 0 Å². The number of benzene rings is 1. The molecule has 0 bridgehead atoms. The molecule has 1 aliphatic heterocycles. The van der Waals surface area contributed by atoms with Crippen molar-refractivity contribution in [2.45, 2.75) is 79.1 Å². The number of ketones is 1. The van der Waals surface area contributed by atoms with Gasteiger partial charge < -0.3 is 14.2 Å². The molecule has 4 heteroatoms. The molecule has 4 atom stereocenters. The van der Waals surface area contributed by atoms with Gasteiger partial charge in [-0.25, -0.2) is 0 Å². The fraction of sp³-hybridized carbons (Fsp3) is 0.690. The van der Waals surface area contributed by atoms with Crippen molar-refractivity contribution in [3.05, 3.63) is 47.0 Å². The van der Waals surface area contributed by atoms with Crippen LogP contribution in [0.25, 0.3) is 0 Å². The Morgan fingerprint density at radius 1 is 0.939 bits per heavy atom. The molecule has 1 saturated heterocycles. The molecule has 4 aliphatic rings. The Balaban J connectivity index is 1.43. The molecular weight excluding hydrogens is 412 g/mol. The average molecular weight is 453 g/mol. The van der Waals surface area contributed by atoms with Crippen LogP contribution < -0.4 is 0 Å². The number of carbonyl (C=O) groups excluding carboxylic acids is 1. The van der Waals surface area contributed by atoms with Gasteiger partial charge in [-0.1, -0.05) is 58.0 Å². The summed E-state index contributed by atoms with van der Waals surface area (Å²) >= 11 is 0. The zero-order valence-electron chi connectivity index (χ0n) is 21.0. The first-order valence-electron chi connectivity index (χ1n) is 12.8. The predicted octanol–water partition coefficient (Wildman–Crippen LogP) is 6.09. The smallest absolute Gasteiger partial charge is 0.173 e. The first-order chi connectivity index (χ1) is 15.6. The Morgan fingerprint density at radius 3 is 2.33 bits per heavy atom. The minimum Gasteiger partial charge on any atom is -0.372 e. The maximum atomic E-state index is 13.3. The second kappa shape index (κ2) is 8.03. The zero-order valence-corrected chi connectivity index (χ0v) is 21.0. The highest BCUT2D eigenvalue weighted by Gasteiger charge is 2.67. The van der Waals surface area contributed by atoms with Gasteiger partial charge in [-0.2, -0.15) is 0 Å². The number of fused-ring (bicyclic) bond motifs is 3. The second-order valence-electron chi connectivity index (χ2n) is 11.9. The van der Waals surface area contributed by atoms with Crippen LogP contribution in [0.15, 0.2) is 41.5 Å². The van der Waals surface area contributed by atoms with Gasteiger partial charge in [0.1, 0.15) is 0 Å². The highest BCUT2D eigenvalue weighted by molar-refractivity contribution is 5.97. The summed E-state index contributed by atoms with van der Waals surface area (Å²) in [4.78, 5) is 13.3. The van der Waals surface area contributed by atoms with Gasteiger partial charge in [-0.05, 0) is 65.6 Å². The molecule has 0 unspecified atom stereocenters. The lowest BCUT2D eigenvalue weighted by Gasteiger charge is -2.67. The van der Waals surface area contributed by atoms with Crippen LogP contribution in [-0.4, -0.2) is 31.4 Å². The van der Waals surface area contributed by atoms with E-state index in [2.05, 4.69) is 39.8 Å². The molecular formula is C29H40O4. The van der Waals surface area contributed by atoms with E-state index in [4.69, 9.17) is 14.2 Å². The Hall–Kier alpha value is -1.49. The molecule has 2 saturated carbocycles. The molecule has 1 aromatic rings. The Bertz CT molecular complexity index is 942. The quantitative estimate of drug-likeness (QED) is 0.554. The van der Waals surface area contributed by atoms with Gasteiger partial charge in [0, 0.05) is 18.3 Å². The topological polar surface area (TPSA) is 44.8 Å². The fourth-order valence-corrected chi connectivity index (χ4v) is 8.32. The molecule has 3 fully saturated rings. The van der Waals surface area contributed by atoms with Gasteiger partial charge in [-0.3, -0.25) is 4.79 Å². The van der Waals surface area contributed by atoms with E-state index >= 15 is 0 Å². The van der Waals surface area contributed by atoms with Crippen molar-refractivity contribution < 1.29 is 19.0 Å². The lowest BCUT2D eigenvalue weighted by molar-refractivity contribution is -0.300. The van der Waals surface area contributed by atoms with Gasteiger partial charge in [0.25, 0.3) is 0 Å². The van der Waals surface area contributed by atoms with Gasteiger partial charge in [0.15, 0.2) is 11.6 Å². The van der Waals surface area contributed by atoms with Gasteiger partial charge >= 0.3 is 0 Å². The average Bonchev–Trinajstić information content (AvgIpc) is 3.27. The number of Topliss-reactive ketones (excluding diaryl/α,β-unsaturated/α-hetero) is 1. The summed E-state index contributed by atoms with van der Waals surface area (Å²) in [7, 11) is 0. The van der Waals surface area contributed by atoms with Crippen molar-refractivity contribution in [3.8, 4) is 0 Å². The van der Waals surface area contributed by atoms with E-state index in [0.717, 1.165) is 31.3 Å². The Kier molecular flexibility index (Phi) is 5.66. The molecule has 0 aromatic heterocycles. The lowest BCUT2D eigenvalue weighted by atomic mass is 9.39. The molecule has 1 heterocycles. The van der Waals surface area contributed by atoms with Crippen molar-refractivity contribution in [2.24, 2.45) is 28.1 Å². The van der Waals surface area contributed by atoms with E-state index in [-0.39, 0.29) is 16.2 Å². The van der Waals surface area contributed by atoms with Crippen LogP contribution in [0.4, 0.5) is 0 Å². The largest absolute Gasteiger partial charge is 0.372 e. The molecule has 0 N–H and O–H groups in total. The molecule has 0 amide bonds. The van der Waals surface area contributed by atoms with E-state index in [1.165, 1.54) is 11.1 Å². The molecule has 33 heavy (non-hydrogen) atoms. The summed E-state index contributed by atoms with van der Waals surface area (Å²) < 4.78 is 18.8. The third-order valence-electron chi connectivity index (χ3n) is 10.2. The molecule has 1 spiro atoms. The van der Waals surface area contributed by atoms with E-state index < -0.39 is 5.79 Å². The van der Waals surface area contributed by atoms with Crippen LogP contribution in [0, 0.1) is 28.1 Å². The number of carbonyl (C=O) groups is 1. The minimum absolute atomic E-state index is 0.00208. The molecule has 3 aliphatic carbocycles. The minimum atomic E-state index is -0.461. The first kappa shape index (κ1) is 23.3. The number of hydrogen-bond acceptors (Lipinski definition) is 4. The van der Waals surface area contributed by atoms with E-state index in [0.29, 0.717) is 50.5 Å². The molecule has 1 aromatic carbocycles. The summed E-state index contributed by atoms with van der Waals surface area (Å²) in [5, 5.41) is 0. The number of ether oxygens (including phenoxy) is 3. The Labute approximate surface area is 199 Å². The van der Waals surface area contributed by atoms with E-state index in [9.17, 15) is 4.79 Å². The highest BCUT2D eigenvalue weighted by atomic mass is 16.7. The maximum absolute atomic E-state index is 13.3. The van der Waals surface area contributed by atoms with Crippen molar-refractivity contribution in [2.75, 3.05) is 19.8 Å². The standard InChI is InChI=1S/C29H40O4/c1-20-22(19-31-18-21-9-7-6-8-10-21)27(4)12-11-24-26(2,3)29(32-15-16-33-29)14-13-28(24,5)25(27)17-23(20)30/h6-10,24-25H,11-19H2,1-5H3/t24-,25-,27-,28-/m1/s1. The highest BCUT2D eigenvalue weighted by Crippen LogP contribution is 2.70. The number of hydrogen-bond donors (Lipinski definition) is 0. The molecule has 5 rings (SSSR count). The molecule has 180 valence electrons. The van der Waals surface area contributed by atoms with Gasteiger partial charge in [-0.15, -0.1) is 0 Å². The van der Waals surface area contributed by atoms with Crippen molar-refractivity contribution in [1.82, 2.24) is 0 Å². The van der Waals surface area contributed by atoms with Crippen molar-refractivity contribution in [1.29, 1.82) is 0 Å². The predicted molar refractivity (Wildman–Crippen MR) is 129 cm³/mol. The fourth-order valence-electron chi connectivity index (χ4n) is 8.32. The van der Waals surface area contributed by atoms with Gasteiger partial charge in [0.05, 0.1) is 26.4 Å². The monoisotopic (exact) mass is 452 g/mol. The van der Waals surface area contributed by atoms with Crippen LogP contribution in [0.5, 0.6) is 0 Å². The van der Waals surface area contributed by atoms with Crippen LogP contribution in [-0.2, 0) is 25.6 Å². The summed E-state index contributed by atoms with van der Waals surface area (Å²) in [6, 6.07) is 10.3. The van der Waals surface area contributed by atoms with Crippen LogP contribution in [0.3, 0.4) is 0 Å². The summed E-state index contributed by atoms with van der Waals surface area (Å²) in [5.41, 5.74) is 3.35. The second-order valence-corrected chi connectivity index (χ2v) is 11.9. The molecule has 0 radical (unpaired) electrons. The number of rotatable bonds is 4. The van der Waals surface area contributed by atoms with Gasteiger partial charge in [0.2, 0.25) is 0 Å². The third-order valence-corrected chi connectivity index (χ3v) is 10.2. The number of allylic oxidation sites excluding steroid dienone is 1. The first-order valence-corrected chi connectivity index (χ1v) is 12.8. The Morgan fingerprint density at radius 2 is 1.64 bits per heavy atom. The normalized spacial score (nSPS) is 37.2. The third kappa shape index (κ3) is 3.39. The summed E-state index contributed by atoms with van der Waals surface area (Å²) in [5.74, 6) is 0.641. The molecule has 4 nitrogen and oxygen atoms in total. The van der Waals surface area contributed by atoms with Crippen molar-refractivity contribution in [3.63, 3.8) is 0 Å². The maximum Gasteiger partial charge on any atom is 0.173 e. The van der Waals surface area contributed by atoms with E-state index in [1.54, 1.807) is 0 Å². The van der Waals surface area contributed by atoms with Crippen LogP contribution in [0.2, 0.25) is 0 Å². The van der Waals surface area contributed by atoms with Crippen LogP contribution in [0.1, 0.15) is 72.3 Å². The summed E-state index contributed by atoms with van der Waals surface area (Å²) in [6.07, 6.45) is 4.84. The van der Waals surface area contributed by atoms with E-state index in [1.807, 2.05) is 25.1 Å². The van der Waals surface area contributed by atoms with Crippen molar-refractivity contribution >= 4 is 5.78 Å². The SMILES string of the molecule is CC1=C(COCc2ccccc2)[C@@]2(C)CC[C@@H]3C(C)(C)C4(CC[C@@]3(C)[C@@H]2CC1=O)OCCO4. The lowest BCUT2D eigenvalue weighted by Crippen LogP contribution is -2.64.